The molecule has 0 spiro atoms. The first-order valence-electron chi connectivity index (χ1n) is 6.14. The molecule has 0 radical (unpaired) electrons. The molecule has 1 unspecified atom stereocenters. The molecule has 2 N–H and O–H groups in total. The minimum absolute atomic E-state index is 0.0782. The van der Waals surface area contributed by atoms with Gasteiger partial charge in [-0.1, -0.05) is 0 Å². The van der Waals surface area contributed by atoms with Gasteiger partial charge in [0.15, 0.2) is 0 Å². The normalized spacial score (nSPS) is 13.3. The van der Waals surface area contributed by atoms with Crippen molar-refractivity contribution in [3.63, 3.8) is 0 Å². The number of aryl methyl sites for hydroxylation is 2. The molecule has 1 rings (SSSR count). The number of nitrogens with one attached hydrogen (secondary N) is 2. The summed E-state index contributed by atoms with van der Waals surface area (Å²) in [6.07, 6.45) is 0. The first-order valence-corrected chi connectivity index (χ1v) is 7.62. The summed E-state index contributed by atoms with van der Waals surface area (Å²) in [4.78, 5) is 0.300. The Morgan fingerprint density at radius 3 is 2.42 bits per heavy atom. The molecule has 0 bridgehead atoms. The summed E-state index contributed by atoms with van der Waals surface area (Å²) in [7, 11) is -0.124. The summed E-state index contributed by atoms with van der Waals surface area (Å²) >= 11 is 0. The lowest BCUT2D eigenvalue weighted by Gasteiger charge is -2.15. The molecule has 0 heterocycles. The second-order valence-electron chi connectivity index (χ2n) is 4.63. The molecule has 19 heavy (non-hydrogen) atoms. The molecule has 0 aliphatic carbocycles. The van der Waals surface area contributed by atoms with Crippen molar-refractivity contribution in [1.29, 1.82) is 0 Å². The van der Waals surface area contributed by atoms with Gasteiger partial charge in [0.05, 0.1) is 12.0 Å². The van der Waals surface area contributed by atoms with Crippen molar-refractivity contribution in [2.24, 2.45) is 0 Å². The van der Waals surface area contributed by atoms with E-state index in [1.54, 1.807) is 33.2 Å². The standard InChI is InChI=1S/C13H22N2O3S/c1-9-7-13(10(2)6-12(9)18-5)19(16,17)15-8-11(3)14-4/h6-7,11,14-15H,8H2,1-5H3. The third kappa shape index (κ3) is 3.92. The van der Waals surface area contributed by atoms with Crippen LogP contribution in [0.15, 0.2) is 17.0 Å². The van der Waals surface area contributed by atoms with Gasteiger partial charge in [0.25, 0.3) is 0 Å². The molecule has 0 aliphatic heterocycles. The zero-order valence-corrected chi connectivity index (χ0v) is 12.9. The molecule has 1 atom stereocenters. The average Bonchev–Trinajstić information content (AvgIpc) is 2.38. The zero-order valence-electron chi connectivity index (χ0n) is 12.1. The lowest BCUT2D eigenvalue weighted by Crippen LogP contribution is -2.37. The summed E-state index contributed by atoms with van der Waals surface area (Å²) in [6, 6.07) is 3.46. The molecule has 108 valence electrons. The first kappa shape index (κ1) is 15.9. The van der Waals surface area contributed by atoms with Gasteiger partial charge < -0.3 is 10.1 Å². The van der Waals surface area contributed by atoms with Crippen molar-refractivity contribution < 1.29 is 13.2 Å². The predicted molar refractivity (Wildman–Crippen MR) is 76.2 cm³/mol. The van der Waals surface area contributed by atoms with Gasteiger partial charge in [-0.2, -0.15) is 0 Å². The Balaban J connectivity index is 3.05. The van der Waals surface area contributed by atoms with Gasteiger partial charge in [0.1, 0.15) is 5.75 Å². The van der Waals surface area contributed by atoms with Crippen LogP contribution < -0.4 is 14.8 Å². The fourth-order valence-electron chi connectivity index (χ4n) is 1.69. The van der Waals surface area contributed by atoms with Crippen LogP contribution in [0.25, 0.3) is 0 Å². The number of rotatable bonds is 6. The first-order chi connectivity index (χ1) is 8.81. The van der Waals surface area contributed by atoms with Gasteiger partial charge in [0.2, 0.25) is 10.0 Å². The highest BCUT2D eigenvalue weighted by atomic mass is 32.2. The maximum atomic E-state index is 12.2. The molecule has 0 amide bonds. The number of hydrogen-bond acceptors (Lipinski definition) is 4. The Bertz CT molecular complexity index is 541. The van der Waals surface area contributed by atoms with Crippen LogP contribution in [0.5, 0.6) is 5.75 Å². The number of sulfonamides is 1. The van der Waals surface area contributed by atoms with Crippen molar-refractivity contribution >= 4 is 10.0 Å². The van der Waals surface area contributed by atoms with Crippen LogP contribution >= 0.6 is 0 Å². The van der Waals surface area contributed by atoms with Crippen molar-refractivity contribution in [1.82, 2.24) is 10.0 Å². The van der Waals surface area contributed by atoms with Gasteiger partial charge in [-0.05, 0) is 51.1 Å². The van der Waals surface area contributed by atoms with Crippen LogP contribution in [-0.2, 0) is 10.0 Å². The maximum Gasteiger partial charge on any atom is 0.240 e. The minimum atomic E-state index is -3.49. The molecule has 0 saturated heterocycles. The molecule has 0 saturated carbocycles. The van der Waals surface area contributed by atoms with Crippen LogP contribution in [0.4, 0.5) is 0 Å². The minimum Gasteiger partial charge on any atom is -0.496 e. The van der Waals surface area contributed by atoms with Crippen molar-refractivity contribution in [2.75, 3.05) is 20.7 Å². The van der Waals surface area contributed by atoms with E-state index < -0.39 is 10.0 Å². The van der Waals surface area contributed by atoms with E-state index >= 15 is 0 Å². The van der Waals surface area contributed by atoms with E-state index in [2.05, 4.69) is 10.0 Å². The molecule has 0 aliphatic rings. The highest BCUT2D eigenvalue weighted by Crippen LogP contribution is 2.25. The predicted octanol–water partition coefficient (Wildman–Crippen LogP) is 1.20. The van der Waals surface area contributed by atoms with E-state index in [1.807, 2.05) is 13.8 Å². The fraction of sp³-hybridized carbons (Fsp3) is 0.538. The second-order valence-corrected chi connectivity index (χ2v) is 6.36. The second kappa shape index (κ2) is 6.36. The zero-order chi connectivity index (χ0) is 14.6. The van der Waals surface area contributed by atoms with Crippen LogP contribution in [0.3, 0.4) is 0 Å². The van der Waals surface area contributed by atoms with Gasteiger partial charge in [-0.15, -0.1) is 0 Å². The van der Waals surface area contributed by atoms with Gasteiger partial charge in [-0.3, -0.25) is 0 Å². The lowest BCUT2D eigenvalue weighted by atomic mass is 10.1. The number of ether oxygens (including phenoxy) is 1. The molecule has 1 aromatic rings. The van der Waals surface area contributed by atoms with Crippen LogP contribution in [0, 0.1) is 13.8 Å². The Morgan fingerprint density at radius 2 is 1.89 bits per heavy atom. The van der Waals surface area contributed by atoms with Crippen molar-refractivity contribution in [3.8, 4) is 5.75 Å². The average molecular weight is 286 g/mol. The highest BCUT2D eigenvalue weighted by molar-refractivity contribution is 7.89. The monoisotopic (exact) mass is 286 g/mol. The third-order valence-corrected chi connectivity index (χ3v) is 4.62. The van der Waals surface area contributed by atoms with Crippen LogP contribution in [0.2, 0.25) is 0 Å². The van der Waals surface area contributed by atoms with E-state index in [9.17, 15) is 8.42 Å². The number of hydrogen-bond donors (Lipinski definition) is 2. The maximum absolute atomic E-state index is 12.2. The fourth-order valence-corrected chi connectivity index (χ4v) is 3.13. The lowest BCUT2D eigenvalue weighted by molar-refractivity contribution is 0.411. The Morgan fingerprint density at radius 1 is 1.26 bits per heavy atom. The van der Waals surface area contributed by atoms with E-state index in [1.165, 1.54) is 0 Å². The third-order valence-electron chi connectivity index (χ3n) is 3.05. The largest absolute Gasteiger partial charge is 0.496 e. The number of benzene rings is 1. The molecule has 0 aromatic heterocycles. The van der Waals surface area contributed by atoms with Gasteiger partial charge in [-0.25, -0.2) is 13.1 Å². The smallest absolute Gasteiger partial charge is 0.240 e. The van der Waals surface area contributed by atoms with Gasteiger partial charge >= 0.3 is 0 Å². The summed E-state index contributed by atoms with van der Waals surface area (Å²) in [5, 5.41) is 2.99. The van der Waals surface area contributed by atoms with E-state index in [0.29, 0.717) is 22.8 Å². The van der Waals surface area contributed by atoms with Crippen LogP contribution in [0.1, 0.15) is 18.1 Å². The Labute approximate surface area is 115 Å². The molecule has 0 fully saturated rings. The quantitative estimate of drug-likeness (QED) is 0.824. The number of methoxy groups -OCH3 is 1. The van der Waals surface area contributed by atoms with E-state index in [0.717, 1.165) is 5.56 Å². The SMILES string of the molecule is CNC(C)CNS(=O)(=O)c1cc(C)c(OC)cc1C. The molecule has 6 heteroatoms. The van der Waals surface area contributed by atoms with Crippen molar-refractivity contribution in [2.45, 2.75) is 31.7 Å². The summed E-state index contributed by atoms with van der Waals surface area (Å²) < 4.78 is 32.3. The number of likely N-dealkylation sites (N-methyl/N-ethyl adjacent to an activating group) is 1. The topological polar surface area (TPSA) is 67.4 Å². The molecule has 5 nitrogen and oxygen atoms in total. The Kier molecular flexibility index (Phi) is 5.34. The van der Waals surface area contributed by atoms with E-state index in [4.69, 9.17) is 4.74 Å². The van der Waals surface area contributed by atoms with Gasteiger partial charge in [0, 0.05) is 12.6 Å². The van der Waals surface area contributed by atoms with Crippen LogP contribution in [-0.4, -0.2) is 35.2 Å². The molecule has 1 aromatic carbocycles. The van der Waals surface area contributed by atoms with Crippen molar-refractivity contribution in [3.05, 3.63) is 23.3 Å². The summed E-state index contributed by atoms with van der Waals surface area (Å²) in [5.74, 6) is 0.694. The summed E-state index contributed by atoms with van der Waals surface area (Å²) in [5.41, 5.74) is 1.47. The molecular formula is C13H22N2O3S. The highest BCUT2D eigenvalue weighted by Gasteiger charge is 2.19. The Hall–Kier alpha value is -1.11. The summed E-state index contributed by atoms with van der Waals surface area (Å²) in [6.45, 7) is 5.85. The van der Waals surface area contributed by atoms with E-state index in [-0.39, 0.29) is 6.04 Å². The molecular weight excluding hydrogens is 264 g/mol.